The highest BCUT2D eigenvalue weighted by atomic mass is 14.9. The zero-order chi connectivity index (χ0) is 9.97. The summed E-state index contributed by atoms with van der Waals surface area (Å²) < 4.78 is 0. The van der Waals surface area contributed by atoms with Crippen LogP contribution in [-0.4, -0.2) is 6.54 Å². The first kappa shape index (κ1) is 9.72. The Kier molecular flexibility index (Phi) is 2.87. The van der Waals surface area contributed by atoms with E-state index >= 15 is 0 Å². The lowest BCUT2D eigenvalue weighted by Gasteiger charge is -2.16. The Morgan fingerprint density at radius 1 is 1.36 bits per heavy atom. The van der Waals surface area contributed by atoms with Crippen molar-refractivity contribution in [3.05, 3.63) is 35.4 Å². The van der Waals surface area contributed by atoms with Gasteiger partial charge in [-0.1, -0.05) is 38.1 Å². The largest absolute Gasteiger partial charge is 0.310 e. The van der Waals surface area contributed by atoms with E-state index in [9.17, 15) is 0 Å². The van der Waals surface area contributed by atoms with Gasteiger partial charge in [0.1, 0.15) is 0 Å². The Hall–Kier alpha value is -0.820. The van der Waals surface area contributed by atoms with Crippen LogP contribution in [0, 0.1) is 5.92 Å². The van der Waals surface area contributed by atoms with Crippen LogP contribution in [0.3, 0.4) is 0 Å². The Bertz CT molecular complexity index is 306. The highest BCUT2D eigenvalue weighted by Crippen LogP contribution is 2.26. The molecule has 1 heterocycles. The van der Waals surface area contributed by atoms with E-state index in [2.05, 4.69) is 43.4 Å². The fraction of sp³-hybridized carbons (Fsp3) is 0.538. The van der Waals surface area contributed by atoms with Crippen molar-refractivity contribution >= 4 is 0 Å². The van der Waals surface area contributed by atoms with E-state index in [-0.39, 0.29) is 0 Å². The molecule has 1 nitrogen and oxygen atoms in total. The number of hydrogen-bond donors (Lipinski definition) is 1. The molecule has 0 radical (unpaired) electrons. The summed E-state index contributed by atoms with van der Waals surface area (Å²) in [6, 6.07) is 9.43. The maximum atomic E-state index is 3.64. The predicted octanol–water partition coefficient (Wildman–Crippen LogP) is 2.92. The van der Waals surface area contributed by atoms with Crippen molar-refractivity contribution in [2.45, 2.75) is 32.7 Å². The Morgan fingerprint density at radius 3 is 2.93 bits per heavy atom. The van der Waals surface area contributed by atoms with Gasteiger partial charge in [0.25, 0.3) is 0 Å². The molecule has 1 heteroatoms. The molecule has 0 saturated heterocycles. The first-order valence-corrected chi connectivity index (χ1v) is 5.62. The molecule has 76 valence electrons. The van der Waals surface area contributed by atoms with E-state index in [0.29, 0.717) is 6.04 Å². The fourth-order valence-electron chi connectivity index (χ4n) is 2.33. The second kappa shape index (κ2) is 4.14. The molecule has 1 aromatic carbocycles. The molecular weight excluding hydrogens is 170 g/mol. The number of hydrogen-bond acceptors (Lipinski definition) is 1. The molecule has 0 bridgehead atoms. The molecular formula is C13H19N. The third-order valence-corrected chi connectivity index (χ3v) is 3.12. The third kappa shape index (κ3) is 1.83. The van der Waals surface area contributed by atoms with Crippen LogP contribution < -0.4 is 5.32 Å². The molecule has 0 amide bonds. The molecule has 1 N–H and O–H groups in total. The summed E-state index contributed by atoms with van der Waals surface area (Å²) >= 11 is 0. The van der Waals surface area contributed by atoms with Gasteiger partial charge < -0.3 is 5.32 Å². The van der Waals surface area contributed by atoms with Crippen LogP contribution in [0.25, 0.3) is 0 Å². The smallest absolute Gasteiger partial charge is 0.0320 e. The number of rotatable bonds is 1. The molecule has 2 unspecified atom stereocenters. The first-order chi connectivity index (χ1) is 6.81. The maximum Gasteiger partial charge on any atom is 0.0320 e. The molecule has 0 fully saturated rings. The first-order valence-electron chi connectivity index (χ1n) is 5.62. The summed E-state index contributed by atoms with van der Waals surface area (Å²) in [6.07, 6.45) is 2.41. The molecule has 0 spiro atoms. The maximum absolute atomic E-state index is 3.64. The summed E-state index contributed by atoms with van der Waals surface area (Å²) in [5.41, 5.74) is 3.05. The molecule has 0 aromatic heterocycles. The van der Waals surface area contributed by atoms with Gasteiger partial charge in [-0.2, -0.15) is 0 Å². The predicted molar refractivity (Wildman–Crippen MR) is 60.3 cm³/mol. The van der Waals surface area contributed by atoms with E-state index in [1.54, 1.807) is 0 Å². The van der Waals surface area contributed by atoms with Gasteiger partial charge in [-0.25, -0.2) is 0 Å². The minimum Gasteiger partial charge on any atom is -0.310 e. The summed E-state index contributed by atoms with van der Waals surface area (Å²) in [5, 5.41) is 3.64. The van der Waals surface area contributed by atoms with E-state index in [1.165, 1.54) is 24.0 Å². The Balaban J connectivity index is 2.36. The van der Waals surface area contributed by atoms with Gasteiger partial charge in [0.05, 0.1) is 0 Å². The topological polar surface area (TPSA) is 12.0 Å². The van der Waals surface area contributed by atoms with Crippen LogP contribution in [0.4, 0.5) is 0 Å². The number of benzene rings is 1. The standard InChI is InChI=1S/C13H19N/c1-3-13-12-7-5-4-6-11(12)8-10(2)9-14-13/h4-7,10,13-14H,3,8-9H2,1-2H3. The van der Waals surface area contributed by atoms with Gasteiger partial charge in [0.15, 0.2) is 0 Å². The second-order valence-electron chi connectivity index (χ2n) is 4.38. The van der Waals surface area contributed by atoms with Gasteiger partial charge in [-0.15, -0.1) is 0 Å². The monoisotopic (exact) mass is 189 g/mol. The summed E-state index contributed by atoms with van der Waals surface area (Å²) in [5.74, 6) is 0.757. The zero-order valence-electron chi connectivity index (χ0n) is 9.09. The zero-order valence-corrected chi connectivity index (χ0v) is 9.09. The van der Waals surface area contributed by atoms with Crippen molar-refractivity contribution in [3.8, 4) is 0 Å². The molecule has 0 saturated carbocycles. The molecule has 1 aliphatic rings. The molecule has 1 aliphatic heterocycles. The van der Waals surface area contributed by atoms with Crippen molar-refractivity contribution in [1.29, 1.82) is 0 Å². The second-order valence-corrected chi connectivity index (χ2v) is 4.38. The molecule has 14 heavy (non-hydrogen) atoms. The van der Waals surface area contributed by atoms with E-state index < -0.39 is 0 Å². The van der Waals surface area contributed by atoms with E-state index in [4.69, 9.17) is 0 Å². The average Bonchev–Trinajstić information content (AvgIpc) is 2.36. The van der Waals surface area contributed by atoms with Crippen LogP contribution in [0.15, 0.2) is 24.3 Å². The van der Waals surface area contributed by atoms with Crippen LogP contribution in [0.1, 0.15) is 37.4 Å². The number of nitrogens with one attached hydrogen (secondary N) is 1. The van der Waals surface area contributed by atoms with Crippen LogP contribution in [0.5, 0.6) is 0 Å². The summed E-state index contributed by atoms with van der Waals surface area (Å²) in [4.78, 5) is 0. The van der Waals surface area contributed by atoms with Crippen molar-refractivity contribution < 1.29 is 0 Å². The van der Waals surface area contributed by atoms with Crippen LogP contribution in [0.2, 0.25) is 0 Å². The van der Waals surface area contributed by atoms with Gasteiger partial charge in [0, 0.05) is 6.04 Å². The quantitative estimate of drug-likeness (QED) is 0.716. The van der Waals surface area contributed by atoms with E-state index in [1.807, 2.05) is 0 Å². The van der Waals surface area contributed by atoms with Crippen molar-refractivity contribution in [3.63, 3.8) is 0 Å². The average molecular weight is 189 g/mol. The van der Waals surface area contributed by atoms with Gasteiger partial charge >= 0.3 is 0 Å². The van der Waals surface area contributed by atoms with Gasteiger partial charge in [0.2, 0.25) is 0 Å². The molecule has 2 rings (SSSR count). The van der Waals surface area contributed by atoms with Gasteiger partial charge in [-0.05, 0) is 36.4 Å². The highest BCUT2D eigenvalue weighted by Gasteiger charge is 2.18. The van der Waals surface area contributed by atoms with Gasteiger partial charge in [-0.3, -0.25) is 0 Å². The van der Waals surface area contributed by atoms with Crippen molar-refractivity contribution in [1.82, 2.24) is 5.32 Å². The SMILES string of the molecule is CCC1NCC(C)Cc2ccccc21. The molecule has 1 aromatic rings. The summed E-state index contributed by atoms with van der Waals surface area (Å²) in [6.45, 7) is 5.72. The normalized spacial score (nSPS) is 26.7. The number of fused-ring (bicyclic) bond motifs is 1. The van der Waals surface area contributed by atoms with Crippen molar-refractivity contribution in [2.24, 2.45) is 5.92 Å². The molecule has 0 aliphatic carbocycles. The Labute approximate surface area is 86.5 Å². The lowest BCUT2D eigenvalue weighted by atomic mass is 9.95. The van der Waals surface area contributed by atoms with Crippen LogP contribution in [-0.2, 0) is 6.42 Å². The highest BCUT2D eigenvalue weighted by molar-refractivity contribution is 5.31. The third-order valence-electron chi connectivity index (χ3n) is 3.12. The summed E-state index contributed by atoms with van der Waals surface area (Å²) in [7, 11) is 0. The Morgan fingerprint density at radius 2 is 2.14 bits per heavy atom. The van der Waals surface area contributed by atoms with Crippen LogP contribution >= 0.6 is 0 Å². The van der Waals surface area contributed by atoms with E-state index in [0.717, 1.165) is 12.5 Å². The lowest BCUT2D eigenvalue weighted by Crippen LogP contribution is -2.23. The minimum absolute atomic E-state index is 0.566. The minimum atomic E-state index is 0.566. The fourth-order valence-corrected chi connectivity index (χ4v) is 2.33. The van der Waals surface area contributed by atoms with Crippen molar-refractivity contribution in [2.75, 3.05) is 6.54 Å². The molecule has 2 atom stereocenters. The lowest BCUT2D eigenvalue weighted by molar-refractivity contribution is 0.469.